The molecule has 0 saturated carbocycles. The fourth-order valence-electron chi connectivity index (χ4n) is 2.24. The lowest BCUT2D eigenvalue weighted by molar-refractivity contribution is 0.0942. The van der Waals surface area contributed by atoms with Crippen molar-refractivity contribution in [3.63, 3.8) is 0 Å². The Kier molecular flexibility index (Phi) is 6.41. The van der Waals surface area contributed by atoms with Crippen LogP contribution in [0.25, 0.3) is 0 Å². The molecule has 29 heavy (non-hydrogen) atoms. The number of carbonyl (C=O) groups is 2. The summed E-state index contributed by atoms with van der Waals surface area (Å²) in [4.78, 5) is 22.2. The molecule has 2 aromatic rings. The zero-order valence-corrected chi connectivity index (χ0v) is 15.0. The Morgan fingerprint density at radius 2 is 1.34 bits per heavy atom. The SMILES string of the molecule is NC(=O)NS(=O)(=O)c1ccc(CCNC(=O)c2c(F)c(F)c(F)c(F)c2F)cc1. The largest absolute Gasteiger partial charge is 0.352 e. The van der Waals surface area contributed by atoms with Crippen LogP contribution in [0.5, 0.6) is 0 Å². The first-order valence-electron chi connectivity index (χ1n) is 7.66. The molecule has 0 spiro atoms. The smallest absolute Gasteiger partial charge is 0.326 e. The van der Waals surface area contributed by atoms with Gasteiger partial charge in [0.15, 0.2) is 23.3 Å². The van der Waals surface area contributed by atoms with E-state index in [-0.39, 0.29) is 17.9 Å². The topological polar surface area (TPSA) is 118 Å². The quantitative estimate of drug-likeness (QED) is 0.362. The predicted octanol–water partition coefficient (Wildman–Crippen LogP) is 1.71. The molecular formula is C16H12F5N3O4S. The van der Waals surface area contributed by atoms with Gasteiger partial charge in [0.2, 0.25) is 5.82 Å². The molecule has 7 nitrogen and oxygen atoms in total. The molecule has 0 radical (unpaired) electrons. The molecule has 2 aromatic carbocycles. The lowest BCUT2D eigenvalue weighted by Gasteiger charge is -2.09. The third-order valence-corrected chi connectivity index (χ3v) is 4.97. The predicted molar refractivity (Wildman–Crippen MR) is 88.6 cm³/mol. The molecule has 0 atom stereocenters. The van der Waals surface area contributed by atoms with Crippen molar-refractivity contribution in [2.45, 2.75) is 11.3 Å². The highest BCUT2D eigenvalue weighted by Gasteiger charge is 2.29. The van der Waals surface area contributed by atoms with E-state index in [1.807, 2.05) is 5.32 Å². The van der Waals surface area contributed by atoms with Crippen LogP contribution >= 0.6 is 0 Å². The molecule has 0 unspecified atom stereocenters. The highest BCUT2D eigenvalue weighted by atomic mass is 32.2. The van der Waals surface area contributed by atoms with Crippen LogP contribution in [0.3, 0.4) is 0 Å². The maximum absolute atomic E-state index is 13.6. The van der Waals surface area contributed by atoms with Crippen LogP contribution in [-0.2, 0) is 16.4 Å². The van der Waals surface area contributed by atoms with Crippen molar-refractivity contribution >= 4 is 22.0 Å². The maximum Gasteiger partial charge on any atom is 0.326 e. The summed E-state index contributed by atoms with van der Waals surface area (Å²) in [6.07, 6.45) is 0.0325. The number of primary amides is 1. The molecule has 4 N–H and O–H groups in total. The Morgan fingerprint density at radius 1 is 0.862 bits per heavy atom. The van der Waals surface area contributed by atoms with Gasteiger partial charge >= 0.3 is 6.03 Å². The van der Waals surface area contributed by atoms with Gasteiger partial charge in [0.25, 0.3) is 15.9 Å². The number of halogens is 5. The molecule has 3 amide bonds. The number of carbonyl (C=O) groups excluding carboxylic acids is 2. The molecule has 0 aliphatic carbocycles. The first kappa shape index (κ1) is 22.1. The Hall–Kier alpha value is -3.22. The number of hydrogen-bond acceptors (Lipinski definition) is 4. The first-order valence-corrected chi connectivity index (χ1v) is 9.15. The zero-order valence-electron chi connectivity index (χ0n) is 14.2. The van der Waals surface area contributed by atoms with Gasteiger partial charge in [0.1, 0.15) is 5.56 Å². The molecular weight excluding hydrogens is 425 g/mol. The van der Waals surface area contributed by atoms with Crippen molar-refractivity contribution in [2.24, 2.45) is 5.73 Å². The second-order valence-corrected chi connectivity index (χ2v) is 7.25. The average molecular weight is 437 g/mol. The summed E-state index contributed by atoms with van der Waals surface area (Å²) >= 11 is 0. The lowest BCUT2D eigenvalue weighted by Crippen LogP contribution is -2.34. The average Bonchev–Trinajstić information content (AvgIpc) is 2.64. The maximum atomic E-state index is 13.6. The van der Waals surface area contributed by atoms with Crippen molar-refractivity contribution in [3.05, 3.63) is 64.5 Å². The molecule has 0 heterocycles. The molecule has 0 aliphatic rings. The number of sulfonamides is 1. The van der Waals surface area contributed by atoms with E-state index in [9.17, 15) is 40.0 Å². The van der Waals surface area contributed by atoms with E-state index in [0.29, 0.717) is 5.56 Å². The lowest BCUT2D eigenvalue weighted by atomic mass is 10.1. The third kappa shape index (κ3) is 4.80. The van der Waals surface area contributed by atoms with E-state index in [0.717, 1.165) is 12.1 Å². The number of nitrogens with two attached hydrogens (primary N) is 1. The van der Waals surface area contributed by atoms with Gasteiger partial charge in [-0.15, -0.1) is 0 Å². The van der Waals surface area contributed by atoms with Crippen molar-refractivity contribution in [3.8, 4) is 0 Å². The number of nitrogens with one attached hydrogen (secondary N) is 2. The van der Waals surface area contributed by atoms with Crippen molar-refractivity contribution < 1.29 is 40.0 Å². The van der Waals surface area contributed by atoms with Crippen LogP contribution in [-0.4, -0.2) is 26.9 Å². The highest BCUT2D eigenvalue weighted by Crippen LogP contribution is 2.22. The van der Waals surface area contributed by atoms with Crippen LogP contribution in [0, 0.1) is 29.1 Å². The first-order chi connectivity index (χ1) is 13.5. The van der Waals surface area contributed by atoms with Gasteiger partial charge in [0.05, 0.1) is 4.90 Å². The van der Waals surface area contributed by atoms with Gasteiger partial charge in [-0.25, -0.2) is 39.9 Å². The molecule has 2 rings (SSSR count). The number of rotatable bonds is 6. The van der Waals surface area contributed by atoms with Crippen LogP contribution in [0.15, 0.2) is 29.2 Å². The van der Waals surface area contributed by atoms with E-state index < -0.39 is 56.6 Å². The number of urea groups is 1. The molecule has 0 bridgehead atoms. The van der Waals surface area contributed by atoms with Crippen LogP contribution in [0.1, 0.15) is 15.9 Å². The molecule has 0 aliphatic heterocycles. The molecule has 0 aromatic heterocycles. The Labute approximate surface area is 160 Å². The van der Waals surface area contributed by atoms with Gasteiger partial charge in [0, 0.05) is 6.54 Å². The van der Waals surface area contributed by atoms with E-state index >= 15 is 0 Å². The Balaban J connectivity index is 2.06. The second kappa shape index (κ2) is 8.43. The standard InChI is InChI=1S/C16H12F5N3O4S/c17-10-9(11(18)13(20)14(21)12(10)19)15(25)23-6-5-7-1-3-8(4-2-7)29(27,28)24-16(22)26/h1-4H,5-6H2,(H,23,25)(H3,22,24,26). The number of amides is 3. The Bertz CT molecular complexity index is 1050. The van der Waals surface area contributed by atoms with Crippen molar-refractivity contribution in [1.29, 1.82) is 0 Å². The number of benzene rings is 2. The molecule has 13 heteroatoms. The van der Waals surface area contributed by atoms with E-state index in [2.05, 4.69) is 0 Å². The summed E-state index contributed by atoms with van der Waals surface area (Å²) in [7, 11) is -4.15. The van der Waals surface area contributed by atoms with Crippen molar-refractivity contribution in [2.75, 3.05) is 6.54 Å². The summed E-state index contributed by atoms with van der Waals surface area (Å²) < 4.78 is 91.4. The van der Waals surface area contributed by atoms with Gasteiger partial charge < -0.3 is 11.1 Å². The molecule has 0 fully saturated rings. The fraction of sp³-hybridized carbons (Fsp3) is 0.125. The van der Waals surface area contributed by atoms with E-state index in [4.69, 9.17) is 5.73 Å². The van der Waals surface area contributed by atoms with Gasteiger partial charge in [-0.2, -0.15) is 0 Å². The summed E-state index contributed by atoms with van der Waals surface area (Å²) in [6, 6.07) is 3.63. The van der Waals surface area contributed by atoms with E-state index in [1.54, 1.807) is 4.72 Å². The minimum absolute atomic E-state index is 0.0325. The summed E-state index contributed by atoms with van der Waals surface area (Å²) in [6.45, 7) is -0.260. The minimum Gasteiger partial charge on any atom is -0.352 e. The van der Waals surface area contributed by atoms with Crippen LogP contribution in [0.4, 0.5) is 26.7 Å². The highest BCUT2D eigenvalue weighted by molar-refractivity contribution is 7.90. The summed E-state index contributed by atoms with van der Waals surface area (Å²) in [5, 5.41) is 2.01. The fourth-order valence-corrected chi connectivity index (χ4v) is 3.12. The van der Waals surface area contributed by atoms with Gasteiger partial charge in [-0.1, -0.05) is 12.1 Å². The van der Waals surface area contributed by atoms with Crippen LogP contribution in [0.2, 0.25) is 0 Å². The monoisotopic (exact) mass is 437 g/mol. The van der Waals surface area contributed by atoms with Gasteiger partial charge in [-0.05, 0) is 24.1 Å². The third-order valence-electron chi connectivity index (χ3n) is 3.60. The molecule has 156 valence electrons. The summed E-state index contributed by atoms with van der Waals surface area (Å²) in [5.74, 6) is -12.9. The van der Waals surface area contributed by atoms with E-state index in [1.165, 1.54) is 12.1 Å². The van der Waals surface area contributed by atoms with Gasteiger partial charge in [-0.3, -0.25) is 4.79 Å². The summed E-state index contributed by atoms with van der Waals surface area (Å²) in [5.41, 5.74) is 3.59. The molecule has 0 saturated heterocycles. The second-order valence-electron chi connectivity index (χ2n) is 5.56. The Morgan fingerprint density at radius 3 is 1.83 bits per heavy atom. The zero-order chi connectivity index (χ0) is 21.9. The normalized spacial score (nSPS) is 11.2. The van der Waals surface area contributed by atoms with Crippen LogP contribution < -0.4 is 15.8 Å². The number of hydrogen-bond donors (Lipinski definition) is 3. The minimum atomic E-state index is -4.15. The van der Waals surface area contributed by atoms with Crippen molar-refractivity contribution in [1.82, 2.24) is 10.0 Å².